The van der Waals surface area contributed by atoms with Crippen molar-refractivity contribution in [2.24, 2.45) is 0 Å². The van der Waals surface area contributed by atoms with Gasteiger partial charge in [0.1, 0.15) is 0 Å². The fourth-order valence-electron chi connectivity index (χ4n) is 3.32. The van der Waals surface area contributed by atoms with Crippen LogP contribution >= 0.6 is 0 Å². The van der Waals surface area contributed by atoms with E-state index in [1.54, 1.807) is 47.4 Å². The highest BCUT2D eigenvalue weighted by atomic mass is 16.2. The molecular weight excluding hydrogens is 416 g/mol. The number of anilines is 3. The Kier molecular flexibility index (Phi) is 8.18. The number of rotatable bonds is 9. The smallest absolute Gasteiger partial charge is 0.258 e. The van der Waals surface area contributed by atoms with E-state index in [2.05, 4.69) is 16.0 Å². The Balaban J connectivity index is 1.58. The zero-order chi connectivity index (χ0) is 23.6. The van der Waals surface area contributed by atoms with E-state index in [0.29, 0.717) is 35.6 Å². The monoisotopic (exact) mass is 444 g/mol. The molecule has 0 spiro atoms. The summed E-state index contributed by atoms with van der Waals surface area (Å²) in [6.07, 6.45) is 0. The Hall–Kier alpha value is -4.13. The molecule has 0 unspecified atom stereocenters. The summed E-state index contributed by atoms with van der Waals surface area (Å²) in [6, 6.07) is 23.3. The first-order valence-corrected chi connectivity index (χ1v) is 10.9. The lowest BCUT2D eigenvalue weighted by Gasteiger charge is -2.21. The Bertz CT molecular complexity index is 1100. The SMILES string of the molecule is CCNC(=O)c1ccc(NC(=O)CNc2cccc(C(=O)N(CC)c3ccccc3)c2)cc1. The Morgan fingerprint density at radius 3 is 2.18 bits per heavy atom. The van der Waals surface area contributed by atoms with Crippen LogP contribution in [0, 0.1) is 0 Å². The van der Waals surface area contributed by atoms with Crippen molar-refractivity contribution < 1.29 is 14.4 Å². The van der Waals surface area contributed by atoms with Crippen LogP contribution in [0.4, 0.5) is 17.1 Å². The lowest BCUT2D eigenvalue weighted by atomic mass is 10.1. The van der Waals surface area contributed by atoms with Crippen molar-refractivity contribution in [3.8, 4) is 0 Å². The van der Waals surface area contributed by atoms with Crippen LogP contribution in [-0.2, 0) is 4.79 Å². The molecule has 0 aliphatic rings. The summed E-state index contributed by atoms with van der Waals surface area (Å²) in [5.41, 5.74) is 3.17. The van der Waals surface area contributed by atoms with Gasteiger partial charge in [0.2, 0.25) is 5.91 Å². The van der Waals surface area contributed by atoms with E-state index in [1.165, 1.54) is 0 Å². The summed E-state index contributed by atoms with van der Waals surface area (Å²) in [5.74, 6) is -0.499. The topological polar surface area (TPSA) is 90.5 Å². The van der Waals surface area contributed by atoms with E-state index in [0.717, 1.165) is 5.69 Å². The highest BCUT2D eigenvalue weighted by Crippen LogP contribution is 2.19. The Morgan fingerprint density at radius 2 is 1.52 bits per heavy atom. The van der Waals surface area contributed by atoms with Gasteiger partial charge in [0.05, 0.1) is 6.54 Å². The van der Waals surface area contributed by atoms with Crippen LogP contribution in [-0.4, -0.2) is 37.4 Å². The molecule has 7 nitrogen and oxygen atoms in total. The molecule has 3 N–H and O–H groups in total. The Morgan fingerprint density at radius 1 is 0.788 bits per heavy atom. The van der Waals surface area contributed by atoms with E-state index in [1.807, 2.05) is 50.2 Å². The average Bonchev–Trinajstić information content (AvgIpc) is 2.84. The van der Waals surface area contributed by atoms with E-state index in [-0.39, 0.29) is 24.3 Å². The van der Waals surface area contributed by atoms with Crippen LogP contribution in [0.25, 0.3) is 0 Å². The van der Waals surface area contributed by atoms with E-state index >= 15 is 0 Å². The van der Waals surface area contributed by atoms with Gasteiger partial charge in [-0.2, -0.15) is 0 Å². The third-order valence-corrected chi connectivity index (χ3v) is 4.96. The normalized spacial score (nSPS) is 10.2. The molecule has 33 heavy (non-hydrogen) atoms. The van der Waals surface area contributed by atoms with Gasteiger partial charge in [-0.1, -0.05) is 24.3 Å². The van der Waals surface area contributed by atoms with Gasteiger partial charge < -0.3 is 20.9 Å². The van der Waals surface area contributed by atoms with Crippen molar-refractivity contribution in [1.82, 2.24) is 5.32 Å². The quantitative estimate of drug-likeness (QED) is 0.462. The second kappa shape index (κ2) is 11.5. The zero-order valence-corrected chi connectivity index (χ0v) is 18.8. The molecule has 0 aromatic heterocycles. The van der Waals surface area contributed by atoms with Gasteiger partial charge >= 0.3 is 0 Å². The number of carbonyl (C=O) groups excluding carboxylic acids is 3. The predicted molar refractivity (Wildman–Crippen MR) is 132 cm³/mol. The predicted octanol–water partition coefficient (Wildman–Crippen LogP) is 4.15. The lowest BCUT2D eigenvalue weighted by Crippen LogP contribution is -2.30. The molecule has 3 amide bonds. The minimum Gasteiger partial charge on any atom is -0.376 e. The van der Waals surface area contributed by atoms with Crippen LogP contribution in [0.1, 0.15) is 34.6 Å². The molecule has 0 fully saturated rings. The molecule has 0 bridgehead atoms. The standard InChI is InChI=1S/C26H28N4O3/c1-3-27-25(32)19-13-15-21(16-14-19)29-24(31)18-28-22-10-8-9-20(17-22)26(33)30(4-2)23-11-6-5-7-12-23/h5-17,28H,3-4,18H2,1-2H3,(H,27,32)(H,29,31). The summed E-state index contributed by atoms with van der Waals surface area (Å²) in [6.45, 7) is 4.92. The number of hydrogen-bond donors (Lipinski definition) is 3. The second-order valence-corrected chi connectivity index (χ2v) is 7.30. The molecule has 3 rings (SSSR count). The summed E-state index contributed by atoms with van der Waals surface area (Å²) in [5, 5.41) is 8.57. The zero-order valence-electron chi connectivity index (χ0n) is 18.8. The van der Waals surface area contributed by atoms with Gasteiger partial charge in [-0.25, -0.2) is 0 Å². The molecule has 0 saturated heterocycles. The molecule has 170 valence electrons. The maximum absolute atomic E-state index is 13.0. The van der Waals surface area contributed by atoms with Gasteiger partial charge in [-0.3, -0.25) is 14.4 Å². The number of nitrogens with zero attached hydrogens (tertiary/aromatic N) is 1. The van der Waals surface area contributed by atoms with Crippen LogP contribution < -0.4 is 20.9 Å². The molecular formula is C26H28N4O3. The number of amides is 3. The maximum atomic E-state index is 13.0. The first-order valence-electron chi connectivity index (χ1n) is 10.9. The van der Waals surface area contributed by atoms with E-state index in [9.17, 15) is 14.4 Å². The number of nitrogens with one attached hydrogen (secondary N) is 3. The highest BCUT2D eigenvalue weighted by molar-refractivity contribution is 6.06. The Labute approximate surface area is 193 Å². The van der Waals surface area contributed by atoms with Crippen molar-refractivity contribution in [3.63, 3.8) is 0 Å². The van der Waals surface area contributed by atoms with E-state index in [4.69, 9.17) is 0 Å². The largest absolute Gasteiger partial charge is 0.376 e. The first kappa shape index (κ1) is 23.5. The van der Waals surface area contributed by atoms with Crippen molar-refractivity contribution in [2.45, 2.75) is 13.8 Å². The van der Waals surface area contributed by atoms with Crippen LogP contribution in [0.5, 0.6) is 0 Å². The summed E-state index contributed by atoms with van der Waals surface area (Å²) < 4.78 is 0. The van der Waals surface area contributed by atoms with Gasteiger partial charge in [-0.15, -0.1) is 0 Å². The molecule has 0 atom stereocenters. The fourth-order valence-corrected chi connectivity index (χ4v) is 3.32. The summed E-state index contributed by atoms with van der Waals surface area (Å²) in [7, 11) is 0. The van der Waals surface area contributed by atoms with Gasteiger partial charge in [-0.05, 0) is 68.4 Å². The first-order chi connectivity index (χ1) is 16.0. The third kappa shape index (κ3) is 6.43. The van der Waals surface area contributed by atoms with Crippen molar-refractivity contribution in [3.05, 3.63) is 90.0 Å². The number of carbonyl (C=O) groups is 3. The molecule has 0 heterocycles. The highest BCUT2D eigenvalue weighted by Gasteiger charge is 2.16. The lowest BCUT2D eigenvalue weighted by molar-refractivity contribution is -0.114. The summed E-state index contributed by atoms with van der Waals surface area (Å²) in [4.78, 5) is 38.9. The van der Waals surface area contributed by atoms with E-state index < -0.39 is 0 Å². The summed E-state index contributed by atoms with van der Waals surface area (Å²) >= 11 is 0. The minimum absolute atomic E-state index is 0.0336. The molecule has 0 aliphatic heterocycles. The molecule has 0 saturated carbocycles. The van der Waals surface area contributed by atoms with Crippen LogP contribution in [0.3, 0.4) is 0 Å². The van der Waals surface area contributed by atoms with Crippen LogP contribution in [0.2, 0.25) is 0 Å². The number of hydrogen-bond acceptors (Lipinski definition) is 4. The fraction of sp³-hybridized carbons (Fsp3) is 0.192. The van der Waals surface area contributed by atoms with Crippen LogP contribution in [0.15, 0.2) is 78.9 Å². The average molecular weight is 445 g/mol. The number of benzene rings is 3. The van der Waals surface area contributed by atoms with Gasteiger partial charge in [0, 0.05) is 41.3 Å². The minimum atomic E-state index is -0.239. The van der Waals surface area contributed by atoms with Gasteiger partial charge in [0.25, 0.3) is 11.8 Å². The third-order valence-electron chi connectivity index (χ3n) is 4.96. The van der Waals surface area contributed by atoms with Gasteiger partial charge in [0.15, 0.2) is 0 Å². The maximum Gasteiger partial charge on any atom is 0.258 e. The second-order valence-electron chi connectivity index (χ2n) is 7.30. The molecule has 7 heteroatoms. The molecule has 3 aromatic carbocycles. The molecule has 0 radical (unpaired) electrons. The number of para-hydroxylation sites is 1. The van der Waals surface area contributed by atoms with Crippen molar-refractivity contribution in [1.29, 1.82) is 0 Å². The molecule has 3 aromatic rings. The van der Waals surface area contributed by atoms with Crippen molar-refractivity contribution in [2.75, 3.05) is 35.2 Å². The van der Waals surface area contributed by atoms with Crippen molar-refractivity contribution >= 4 is 34.8 Å². The molecule has 0 aliphatic carbocycles.